The Kier molecular flexibility index (Phi) is 6.22. The molecule has 1 saturated heterocycles. The molecule has 1 N–H and O–H groups in total. The Balaban J connectivity index is 2.21. The number of hydrogen-bond donors (Lipinski definition) is 1. The second-order valence-corrected chi connectivity index (χ2v) is 4.79. The van der Waals surface area contributed by atoms with Crippen molar-refractivity contribution in [3.63, 3.8) is 0 Å². The summed E-state index contributed by atoms with van der Waals surface area (Å²) in [7, 11) is 4.30. The molecule has 1 heterocycles. The fraction of sp³-hybridized carbons (Fsp3) is 1.00. The normalized spacial score (nSPS) is 22.6. The first-order valence-corrected chi connectivity index (χ1v) is 6.33. The number of likely N-dealkylation sites (N-methyl/N-ethyl adjacent to an activating group) is 1. The summed E-state index contributed by atoms with van der Waals surface area (Å²) in [5.74, 6) is 0. The summed E-state index contributed by atoms with van der Waals surface area (Å²) in [6, 6.07) is 0.783. The van der Waals surface area contributed by atoms with Gasteiger partial charge in [-0.2, -0.15) is 0 Å². The summed E-state index contributed by atoms with van der Waals surface area (Å²) in [4.78, 5) is 4.91. The molecule has 0 aromatic rings. The summed E-state index contributed by atoms with van der Waals surface area (Å²) in [6.07, 6.45) is 4.01. The largest absolute Gasteiger partial charge is 0.315 e. The van der Waals surface area contributed by atoms with Gasteiger partial charge in [0, 0.05) is 12.6 Å². The van der Waals surface area contributed by atoms with E-state index in [1.54, 1.807) is 0 Å². The van der Waals surface area contributed by atoms with Gasteiger partial charge in [-0.15, -0.1) is 0 Å². The quantitative estimate of drug-likeness (QED) is 0.710. The average Bonchev–Trinajstić information content (AvgIpc) is 2.25. The van der Waals surface area contributed by atoms with Gasteiger partial charge >= 0.3 is 0 Å². The predicted molar refractivity (Wildman–Crippen MR) is 66.3 cm³/mol. The third-order valence-corrected chi connectivity index (χ3v) is 3.24. The predicted octanol–water partition coefficient (Wildman–Crippen LogP) is 1.01. The monoisotopic (exact) mass is 213 g/mol. The van der Waals surface area contributed by atoms with Crippen molar-refractivity contribution >= 4 is 0 Å². The maximum absolute atomic E-state index is 3.50. The number of piperidine rings is 1. The maximum atomic E-state index is 3.50. The molecule has 0 saturated carbocycles. The van der Waals surface area contributed by atoms with E-state index in [1.807, 2.05) is 0 Å². The minimum absolute atomic E-state index is 0.783. The van der Waals surface area contributed by atoms with Crippen molar-refractivity contribution in [2.75, 3.05) is 46.8 Å². The van der Waals surface area contributed by atoms with Crippen LogP contribution >= 0.6 is 0 Å². The summed E-state index contributed by atoms with van der Waals surface area (Å²) in [5.41, 5.74) is 0. The first-order chi connectivity index (χ1) is 7.24. The molecule has 1 rings (SSSR count). The Labute approximate surface area is 94.8 Å². The summed E-state index contributed by atoms with van der Waals surface area (Å²) in [6.45, 7) is 8.34. The van der Waals surface area contributed by atoms with E-state index in [-0.39, 0.29) is 0 Å². The highest BCUT2D eigenvalue weighted by Crippen LogP contribution is 2.10. The molecule has 0 spiro atoms. The second kappa shape index (κ2) is 7.20. The van der Waals surface area contributed by atoms with Crippen molar-refractivity contribution in [3.8, 4) is 0 Å². The van der Waals surface area contributed by atoms with Crippen LogP contribution in [0.1, 0.15) is 26.2 Å². The number of rotatable bonds is 6. The number of nitrogens with zero attached hydrogens (tertiary/aromatic N) is 2. The van der Waals surface area contributed by atoms with Gasteiger partial charge in [0.1, 0.15) is 0 Å². The molecule has 0 aliphatic carbocycles. The molecule has 3 nitrogen and oxygen atoms in total. The molecule has 0 aromatic heterocycles. The van der Waals surface area contributed by atoms with Crippen LogP contribution in [0.5, 0.6) is 0 Å². The molecule has 1 unspecified atom stereocenters. The lowest BCUT2D eigenvalue weighted by atomic mass is 10.1. The van der Waals surface area contributed by atoms with E-state index in [2.05, 4.69) is 36.1 Å². The topological polar surface area (TPSA) is 18.5 Å². The van der Waals surface area contributed by atoms with Crippen molar-refractivity contribution in [1.29, 1.82) is 0 Å². The highest BCUT2D eigenvalue weighted by molar-refractivity contribution is 4.77. The van der Waals surface area contributed by atoms with Crippen molar-refractivity contribution in [3.05, 3.63) is 0 Å². The smallest absolute Gasteiger partial charge is 0.0221 e. The van der Waals surface area contributed by atoms with Gasteiger partial charge in [0.2, 0.25) is 0 Å². The molecular weight excluding hydrogens is 186 g/mol. The van der Waals surface area contributed by atoms with Gasteiger partial charge in [0.05, 0.1) is 0 Å². The molecule has 1 aliphatic rings. The minimum atomic E-state index is 0.783. The zero-order chi connectivity index (χ0) is 11.1. The lowest BCUT2D eigenvalue weighted by Crippen LogP contribution is -2.46. The average molecular weight is 213 g/mol. The first-order valence-electron chi connectivity index (χ1n) is 6.33. The van der Waals surface area contributed by atoms with Crippen LogP contribution in [-0.2, 0) is 0 Å². The van der Waals surface area contributed by atoms with E-state index in [4.69, 9.17) is 0 Å². The number of hydrogen-bond acceptors (Lipinski definition) is 3. The molecule has 1 aliphatic heterocycles. The molecule has 0 aromatic carbocycles. The lowest BCUT2D eigenvalue weighted by molar-refractivity contribution is 0.167. The molecule has 1 fully saturated rings. The maximum Gasteiger partial charge on any atom is 0.0221 e. The van der Waals surface area contributed by atoms with Crippen LogP contribution in [0.3, 0.4) is 0 Å². The third kappa shape index (κ3) is 4.96. The highest BCUT2D eigenvalue weighted by Gasteiger charge is 2.18. The fourth-order valence-corrected chi connectivity index (χ4v) is 2.33. The zero-order valence-electron chi connectivity index (χ0n) is 10.6. The van der Waals surface area contributed by atoms with E-state index in [9.17, 15) is 0 Å². The Hall–Kier alpha value is -0.120. The molecule has 0 amide bonds. The summed E-state index contributed by atoms with van der Waals surface area (Å²) in [5, 5.41) is 3.50. The molecule has 15 heavy (non-hydrogen) atoms. The zero-order valence-corrected chi connectivity index (χ0v) is 10.6. The van der Waals surface area contributed by atoms with E-state index in [1.165, 1.54) is 52.0 Å². The van der Waals surface area contributed by atoms with E-state index >= 15 is 0 Å². The van der Waals surface area contributed by atoms with Crippen LogP contribution in [0.25, 0.3) is 0 Å². The van der Waals surface area contributed by atoms with Crippen LogP contribution in [-0.4, -0.2) is 62.7 Å². The number of nitrogens with one attached hydrogen (secondary N) is 1. The van der Waals surface area contributed by atoms with Crippen molar-refractivity contribution in [1.82, 2.24) is 15.1 Å². The summed E-state index contributed by atoms with van der Waals surface area (Å²) >= 11 is 0. The third-order valence-electron chi connectivity index (χ3n) is 3.24. The van der Waals surface area contributed by atoms with E-state index < -0.39 is 0 Å². The van der Waals surface area contributed by atoms with Crippen LogP contribution < -0.4 is 5.32 Å². The van der Waals surface area contributed by atoms with Gasteiger partial charge in [-0.3, -0.25) is 4.90 Å². The van der Waals surface area contributed by atoms with Gasteiger partial charge in [0.25, 0.3) is 0 Å². The molecule has 3 heteroatoms. The highest BCUT2D eigenvalue weighted by atomic mass is 15.2. The molecule has 0 radical (unpaired) electrons. The van der Waals surface area contributed by atoms with E-state index in [0.717, 1.165) is 6.04 Å². The Bertz CT molecular complexity index is 153. The van der Waals surface area contributed by atoms with Gasteiger partial charge < -0.3 is 10.2 Å². The standard InChI is InChI=1S/C12H27N3/c1-4-15(10-6-9-14(2)3)12-7-5-8-13-11-12/h12-13H,4-11H2,1-3H3. The Morgan fingerprint density at radius 2 is 2.07 bits per heavy atom. The first kappa shape index (κ1) is 12.9. The van der Waals surface area contributed by atoms with Crippen LogP contribution in [0.15, 0.2) is 0 Å². The van der Waals surface area contributed by atoms with Crippen LogP contribution in [0.2, 0.25) is 0 Å². The van der Waals surface area contributed by atoms with Crippen molar-refractivity contribution in [2.45, 2.75) is 32.2 Å². The Morgan fingerprint density at radius 3 is 2.60 bits per heavy atom. The molecule has 90 valence electrons. The SMILES string of the molecule is CCN(CCCN(C)C)C1CCCNC1. The second-order valence-electron chi connectivity index (χ2n) is 4.79. The molecule has 1 atom stereocenters. The fourth-order valence-electron chi connectivity index (χ4n) is 2.33. The van der Waals surface area contributed by atoms with Crippen molar-refractivity contribution < 1.29 is 0 Å². The van der Waals surface area contributed by atoms with Gasteiger partial charge in [-0.25, -0.2) is 0 Å². The van der Waals surface area contributed by atoms with Crippen LogP contribution in [0.4, 0.5) is 0 Å². The van der Waals surface area contributed by atoms with Gasteiger partial charge in [0.15, 0.2) is 0 Å². The summed E-state index contributed by atoms with van der Waals surface area (Å²) < 4.78 is 0. The molecule has 0 bridgehead atoms. The van der Waals surface area contributed by atoms with Gasteiger partial charge in [-0.05, 0) is 59.5 Å². The Morgan fingerprint density at radius 1 is 1.27 bits per heavy atom. The van der Waals surface area contributed by atoms with Crippen LogP contribution in [0, 0.1) is 0 Å². The van der Waals surface area contributed by atoms with Crippen molar-refractivity contribution in [2.24, 2.45) is 0 Å². The molecular formula is C12H27N3. The lowest BCUT2D eigenvalue weighted by Gasteiger charge is -2.34. The van der Waals surface area contributed by atoms with Gasteiger partial charge in [-0.1, -0.05) is 6.92 Å². The van der Waals surface area contributed by atoms with E-state index in [0.29, 0.717) is 0 Å². The minimum Gasteiger partial charge on any atom is -0.315 e.